The monoisotopic (exact) mass is 402 g/mol. The van der Waals surface area contributed by atoms with Gasteiger partial charge in [0.25, 0.3) is 0 Å². The van der Waals surface area contributed by atoms with Crippen molar-refractivity contribution in [3.8, 4) is 0 Å². The van der Waals surface area contributed by atoms with Crippen molar-refractivity contribution in [3.05, 3.63) is 35.9 Å². The highest BCUT2D eigenvalue weighted by atomic mass is 16.5. The molecule has 1 aromatic carbocycles. The molecule has 0 fully saturated rings. The summed E-state index contributed by atoms with van der Waals surface area (Å²) in [7, 11) is 0. The summed E-state index contributed by atoms with van der Waals surface area (Å²) in [6.07, 6.45) is 21.7. The fourth-order valence-corrected chi connectivity index (χ4v) is 3.83. The van der Waals surface area contributed by atoms with Crippen LogP contribution in [0, 0.1) is 0 Å². The summed E-state index contributed by atoms with van der Waals surface area (Å²) in [5.74, 6) is -0.269. The molecular formula is C27H46O2. The van der Waals surface area contributed by atoms with E-state index in [1.54, 1.807) is 0 Å². The Morgan fingerprint density at radius 1 is 0.690 bits per heavy atom. The minimum atomic E-state index is -0.169. The molecule has 0 bridgehead atoms. The summed E-state index contributed by atoms with van der Waals surface area (Å²) in [6.45, 7) is 4.77. The molecule has 0 radical (unpaired) electrons. The van der Waals surface area contributed by atoms with Gasteiger partial charge in [-0.05, 0) is 18.9 Å². The molecular weight excluding hydrogens is 356 g/mol. The van der Waals surface area contributed by atoms with Gasteiger partial charge in [0, 0.05) is 0 Å². The number of ether oxygens (including phenoxy) is 1. The molecule has 166 valence electrons. The zero-order valence-corrected chi connectivity index (χ0v) is 19.3. The van der Waals surface area contributed by atoms with E-state index in [0.717, 1.165) is 12.0 Å². The van der Waals surface area contributed by atoms with Crippen molar-refractivity contribution in [2.45, 2.75) is 122 Å². The maximum absolute atomic E-state index is 12.1. The lowest BCUT2D eigenvalue weighted by atomic mass is 10.0. The van der Waals surface area contributed by atoms with Crippen molar-refractivity contribution in [1.82, 2.24) is 0 Å². The van der Waals surface area contributed by atoms with Gasteiger partial charge < -0.3 is 4.74 Å². The number of esters is 1. The number of carbonyl (C=O) groups excluding carboxylic acids is 1. The van der Waals surface area contributed by atoms with E-state index in [2.05, 4.69) is 6.92 Å². The SMILES string of the molecule is CCCCCCCCCCCCCCCCCCOC(=O)C(C)c1ccccc1. The van der Waals surface area contributed by atoms with Crippen LogP contribution in [-0.2, 0) is 9.53 Å². The Kier molecular flexibility index (Phi) is 16.6. The van der Waals surface area contributed by atoms with Crippen molar-refractivity contribution in [3.63, 3.8) is 0 Å². The Balaban J connectivity index is 1.81. The van der Waals surface area contributed by atoms with Gasteiger partial charge in [0.1, 0.15) is 0 Å². The van der Waals surface area contributed by atoms with Crippen LogP contribution in [0.25, 0.3) is 0 Å². The van der Waals surface area contributed by atoms with Crippen molar-refractivity contribution in [2.75, 3.05) is 6.61 Å². The number of carbonyl (C=O) groups is 1. The quantitative estimate of drug-likeness (QED) is 0.171. The van der Waals surface area contributed by atoms with Crippen molar-refractivity contribution < 1.29 is 9.53 Å². The lowest BCUT2D eigenvalue weighted by Crippen LogP contribution is -2.13. The molecule has 2 nitrogen and oxygen atoms in total. The van der Waals surface area contributed by atoms with Crippen LogP contribution in [0.1, 0.15) is 128 Å². The fourth-order valence-electron chi connectivity index (χ4n) is 3.83. The predicted octanol–water partition coefficient (Wildman–Crippen LogP) is 8.59. The van der Waals surface area contributed by atoms with Gasteiger partial charge in [-0.2, -0.15) is 0 Å². The first-order chi connectivity index (χ1) is 14.3. The average molecular weight is 403 g/mol. The van der Waals surface area contributed by atoms with Crippen LogP contribution in [0.5, 0.6) is 0 Å². The van der Waals surface area contributed by atoms with Crippen molar-refractivity contribution in [2.24, 2.45) is 0 Å². The molecule has 1 unspecified atom stereocenters. The molecule has 0 heterocycles. The van der Waals surface area contributed by atoms with E-state index >= 15 is 0 Å². The minimum Gasteiger partial charge on any atom is -0.465 e. The molecule has 29 heavy (non-hydrogen) atoms. The molecule has 1 aromatic rings. The predicted molar refractivity (Wildman–Crippen MR) is 125 cm³/mol. The number of hydrogen-bond donors (Lipinski definition) is 0. The molecule has 0 saturated heterocycles. The first-order valence-electron chi connectivity index (χ1n) is 12.5. The summed E-state index contributed by atoms with van der Waals surface area (Å²) in [5.41, 5.74) is 1.03. The number of benzene rings is 1. The van der Waals surface area contributed by atoms with Gasteiger partial charge in [0.2, 0.25) is 0 Å². The van der Waals surface area contributed by atoms with Crippen molar-refractivity contribution in [1.29, 1.82) is 0 Å². The third-order valence-corrected chi connectivity index (χ3v) is 5.90. The van der Waals surface area contributed by atoms with Gasteiger partial charge in [-0.3, -0.25) is 4.79 Å². The normalized spacial score (nSPS) is 12.1. The summed E-state index contributed by atoms with van der Waals surface area (Å²) in [6, 6.07) is 9.88. The molecule has 0 amide bonds. The van der Waals surface area contributed by atoms with Gasteiger partial charge in [0.15, 0.2) is 0 Å². The molecule has 0 saturated carbocycles. The molecule has 1 atom stereocenters. The first kappa shape index (κ1) is 25.7. The lowest BCUT2D eigenvalue weighted by Gasteiger charge is -2.11. The van der Waals surface area contributed by atoms with Crippen LogP contribution >= 0.6 is 0 Å². The van der Waals surface area contributed by atoms with Gasteiger partial charge in [-0.15, -0.1) is 0 Å². The highest BCUT2D eigenvalue weighted by molar-refractivity contribution is 5.77. The Labute approximate surface area is 180 Å². The summed E-state index contributed by atoms with van der Waals surface area (Å²) in [4.78, 5) is 12.1. The highest BCUT2D eigenvalue weighted by Gasteiger charge is 2.15. The molecule has 0 aromatic heterocycles. The largest absolute Gasteiger partial charge is 0.465 e. The van der Waals surface area contributed by atoms with E-state index in [9.17, 15) is 4.79 Å². The van der Waals surface area contributed by atoms with E-state index in [1.807, 2.05) is 37.3 Å². The van der Waals surface area contributed by atoms with Crippen LogP contribution in [0.4, 0.5) is 0 Å². The van der Waals surface area contributed by atoms with E-state index in [0.29, 0.717) is 6.61 Å². The second-order valence-electron chi connectivity index (χ2n) is 8.60. The van der Waals surface area contributed by atoms with E-state index in [1.165, 1.54) is 96.3 Å². The number of hydrogen-bond acceptors (Lipinski definition) is 2. The Hall–Kier alpha value is -1.31. The molecule has 0 aliphatic heterocycles. The third-order valence-electron chi connectivity index (χ3n) is 5.90. The number of rotatable bonds is 19. The Morgan fingerprint density at radius 3 is 1.55 bits per heavy atom. The van der Waals surface area contributed by atoms with E-state index in [-0.39, 0.29) is 11.9 Å². The van der Waals surface area contributed by atoms with Gasteiger partial charge in [-0.25, -0.2) is 0 Å². The topological polar surface area (TPSA) is 26.3 Å². The van der Waals surface area contributed by atoms with Gasteiger partial charge in [0.05, 0.1) is 12.5 Å². The van der Waals surface area contributed by atoms with Crippen LogP contribution < -0.4 is 0 Å². The zero-order chi connectivity index (χ0) is 21.0. The Bertz CT molecular complexity index is 483. The van der Waals surface area contributed by atoms with Crippen LogP contribution in [0.2, 0.25) is 0 Å². The summed E-state index contributed by atoms with van der Waals surface area (Å²) in [5, 5.41) is 0. The van der Waals surface area contributed by atoms with Gasteiger partial charge >= 0.3 is 5.97 Å². The van der Waals surface area contributed by atoms with Crippen LogP contribution in [0.15, 0.2) is 30.3 Å². The number of unbranched alkanes of at least 4 members (excludes halogenated alkanes) is 15. The summed E-state index contributed by atoms with van der Waals surface area (Å²) < 4.78 is 5.44. The smallest absolute Gasteiger partial charge is 0.313 e. The fraction of sp³-hybridized carbons (Fsp3) is 0.741. The minimum absolute atomic E-state index is 0.0999. The van der Waals surface area contributed by atoms with Gasteiger partial charge in [-0.1, -0.05) is 134 Å². The maximum Gasteiger partial charge on any atom is 0.313 e. The molecule has 0 aliphatic carbocycles. The molecule has 0 spiro atoms. The average Bonchev–Trinajstić information content (AvgIpc) is 2.75. The van der Waals surface area contributed by atoms with Crippen molar-refractivity contribution >= 4 is 5.97 Å². The Morgan fingerprint density at radius 2 is 1.10 bits per heavy atom. The summed E-state index contributed by atoms with van der Waals surface area (Å²) >= 11 is 0. The third kappa shape index (κ3) is 14.3. The first-order valence-corrected chi connectivity index (χ1v) is 12.5. The van der Waals surface area contributed by atoms with E-state index in [4.69, 9.17) is 4.74 Å². The maximum atomic E-state index is 12.1. The second-order valence-corrected chi connectivity index (χ2v) is 8.60. The molecule has 1 rings (SSSR count). The molecule has 2 heteroatoms. The molecule has 0 aliphatic rings. The van der Waals surface area contributed by atoms with Crippen LogP contribution in [-0.4, -0.2) is 12.6 Å². The van der Waals surface area contributed by atoms with E-state index < -0.39 is 0 Å². The van der Waals surface area contributed by atoms with Crippen LogP contribution in [0.3, 0.4) is 0 Å². The lowest BCUT2D eigenvalue weighted by molar-refractivity contribution is -0.145. The standard InChI is InChI=1S/C27H46O2/c1-3-4-5-6-7-8-9-10-11-12-13-14-15-16-17-21-24-29-27(28)25(2)26-22-19-18-20-23-26/h18-20,22-23,25H,3-17,21,24H2,1-2H3. The molecule has 0 N–H and O–H groups in total. The highest BCUT2D eigenvalue weighted by Crippen LogP contribution is 2.17. The second kappa shape index (κ2) is 18.7. The zero-order valence-electron chi connectivity index (χ0n) is 19.3.